The van der Waals surface area contributed by atoms with Gasteiger partial charge in [0.1, 0.15) is 11.6 Å². The fraction of sp³-hybridized carbons (Fsp3) is 0.0588. The zero-order valence-corrected chi connectivity index (χ0v) is 16.3. The number of hydrogen-bond donors (Lipinski definition) is 3. The summed E-state index contributed by atoms with van der Waals surface area (Å²) in [5.74, 6) is 3.57. The van der Waals surface area contributed by atoms with Gasteiger partial charge in [0, 0.05) is 18.2 Å². The molecule has 1 aromatic heterocycles. The molecule has 0 saturated carbocycles. The van der Waals surface area contributed by atoms with E-state index in [9.17, 15) is 23.7 Å². The molecule has 3 aromatic rings. The van der Waals surface area contributed by atoms with Crippen molar-refractivity contribution in [1.82, 2.24) is 14.9 Å². The Balaban J connectivity index is 1.53. The van der Waals surface area contributed by atoms with Crippen LogP contribution in [0.25, 0.3) is 0 Å². The zero-order valence-electron chi connectivity index (χ0n) is 15.5. The lowest BCUT2D eigenvalue weighted by Crippen LogP contribution is -2.17. The average Bonchev–Trinajstić information content (AvgIpc) is 3.08. The van der Waals surface area contributed by atoms with Crippen LogP contribution in [-0.2, 0) is 4.79 Å². The molecule has 2 aromatic carbocycles. The van der Waals surface area contributed by atoms with E-state index in [1.54, 1.807) is 0 Å². The van der Waals surface area contributed by atoms with Crippen molar-refractivity contribution in [3.05, 3.63) is 69.8 Å². The van der Waals surface area contributed by atoms with Gasteiger partial charge in [-0.1, -0.05) is 11.8 Å². The summed E-state index contributed by atoms with van der Waals surface area (Å²) in [7, 11) is 0. The van der Waals surface area contributed by atoms with Crippen LogP contribution >= 0.6 is 11.8 Å². The molecular formula is C17H14F2N8O3S. The van der Waals surface area contributed by atoms with Gasteiger partial charge in [0.2, 0.25) is 11.1 Å². The highest BCUT2D eigenvalue weighted by atomic mass is 32.2. The fourth-order valence-electron chi connectivity index (χ4n) is 2.21. The first-order valence-corrected chi connectivity index (χ1v) is 9.44. The highest BCUT2D eigenvalue weighted by molar-refractivity contribution is 7.99. The SMILES string of the molecule is Nn1c(N/N=C/c2ccc([N+](=O)[O-])cc2)nnc1SCC(=O)Nc1ccc(F)cc1F. The van der Waals surface area contributed by atoms with Gasteiger partial charge in [-0.15, -0.1) is 10.2 Å². The molecule has 3 rings (SSSR count). The number of nitro benzene ring substituents is 1. The van der Waals surface area contributed by atoms with E-state index >= 15 is 0 Å². The van der Waals surface area contributed by atoms with Crippen LogP contribution in [0.2, 0.25) is 0 Å². The molecule has 160 valence electrons. The second kappa shape index (κ2) is 9.62. The standard InChI is InChI=1S/C17H14F2N8O3S/c18-11-3-6-14(13(19)7-11)22-15(28)9-31-17-25-24-16(26(17)20)23-21-8-10-1-4-12(5-2-10)27(29)30/h1-8H,9,20H2,(H,22,28)(H,23,24)/b21-8+. The Hall–Kier alpha value is -4.07. The third kappa shape index (κ3) is 5.72. The summed E-state index contributed by atoms with van der Waals surface area (Å²) < 4.78 is 27.5. The molecule has 31 heavy (non-hydrogen) atoms. The van der Waals surface area contributed by atoms with Crippen molar-refractivity contribution in [2.24, 2.45) is 5.10 Å². The predicted octanol–water partition coefficient (Wildman–Crippen LogP) is 2.36. The fourth-order valence-corrected chi connectivity index (χ4v) is 2.86. The summed E-state index contributed by atoms with van der Waals surface area (Å²) in [6.45, 7) is 0. The maximum absolute atomic E-state index is 13.6. The number of amides is 1. The van der Waals surface area contributed by atoms with Gasteiger partial charge in [-0.05, 0) is 29.8 Å². The monoisotopic (exact) mass is 448 g/mol. The summed E-state index contributed by atoms with van der Waals surface area (Å²) in [4.78, 5) is 22.1. The van der Waals surface area contributed by atoms with E-state index in [0.717, 1.165) is 28.6 Å². The number of thioether (sulfide) groups is 1. The molecule has 1 amide bonds. The second-order valence-electron chi connectivity index (χ2n) is 5.86. The number of halogens is 2. The van der Waals surface area contributed by atoms with E-state index in [2.05, 4.69) is 26.0 Å². The normalized spacial score (nSPS) is 10.9. The molecule has 0 unspecified atom stereocenters. The Bertz CT molecular complexity index is 1140. The number of rotatable bonds is 8. The zero-order chi connectivity index (χ0) is 22.4. The van der Waals surface area contributed by atoms with Gasteiger partial charge in [0.05, 0.1) is 22.6 Å². The summed E-state index contributed by atoms with van der Waals surface area (Å²) in [6, 6.07) is 8.50. The van der Waals surface area contributed by atoms with Crippen molar-refractivity contribution in [2.45, 2.75) is 5.16 Å². The first-order valence-electron chi connectivity index (χ1n) is 8.45. The number of nitrogen functional groups attached to an aromatic ring is 1. The van der Waals surface area contributed by atoms with E-state index in [-0.39, 0.29) is 28.2 Å². The smallest absolute Gasteiger partial charge is 0.269 e. The molecule has 0 spiro atoms. The van der Waals surface area contributed by atoms with Crippen LogP contribution < -0.4 is 16.6 Å². The van der Waals surface area contributed by atoms with Crippen molar-refractivity contribution in [3.8, 4) is 0 Å². The molecule has 14 heteroatoms. The van der Waals surface area contributed by atoms with Gasteiger partial charge in [-0.3, -0.25) is 14.9 Å². The molecule has 1 heterocycles. The largest absolute Gasteiger partial charge is 0.334 e. The molecule has 0 bridgehead atoms. The Morgan fingerprint density at radius 2 is 2.00 bits per heavy atom. The molecule has 4 N–H and O–H groups in total. The lowest BCUT2D eigenvalue weighted by Gasteiger charge is -2.06. The third-order valence-corrected chi connectivity index (χ3v) is 4.63. The Labute approximate surface area is 177 Å². The van der Waals surface area contributed by atoms with Crippen LogP contribution in [0, 0.1) is 21.7 Å². The number of nitrogens with zero attached hydrogens (tertiary/aromatic N) is 5. The Morgan fingerprint density at radius 1 is 1.26 bits per heavy atom. The summed E-state index contributed by atoms with van der Waals surface area (Å²) in [5.41, 5.74) is 2.97. The van der Waals surface area contributed by atoms with Crippen molar-refractivity contribution < 1.29 is 18.5 Å². The number of hydrogen-bond acceptors (Lipinski definition) is 9. The topological polar surface area (TPSA) is 153 Å². The quantitative estimate of drug-likeness (QED) is 0.156. The van der Waals surface area contributed by atoms with Gasteiger partial charge in [-0.25, -0.2) is 18.9 Å². The molecule has 11 nitrogen and oxygen atoms in total. The van der Waals surface area contributed by atoms with Crippen molar-refractivity contribution >= 4 is 41.2 Å². The maximum atomic E-state index is 13.6. The molecular weight excluding hydrogens is 434 g/mol. The van der Waals surface area contributed by atoms with E-state index in [1.165, 1.54) is 30.5 Å². The first-order chi connectivity index (χ1) is 14.8. The van der Waals surface area contributed by atoms with E-state index in [0.29, 0.717) is 11.6 Å². The maximum Gasteiger partial charge on any atom is 0.269 e. The van der Waals surface area contributed by atoms with Crippen molar-refractivity contribution in [2.75, 3.05) is 22.3 Å². The molecule has 0 saturated heterocycles. The van der Waals surface area contributed by atoms with Crippen LogP contribution in [0.5, 0.6) is 0 Å². The summed E-state index contributed by atoms with van der Waals surface area (Å²) in [6.07, 6.45) is 1.40. The van der Waals surface area contributed by atoms with Gasteiger partial charge >= 0.3 is 0 Å². The molecule has 0 radical (unpaired) electrons. The molecule has 0 fully saturated rings. The number of hydrazone groups is 1. The van der Waals surface area contributed by atoms with E-state index in [1.807, 2.05) is 0 Å². The first kappa shape index (κ1) is 21.6. The molecule has 0 atom stereocenters. The minimum Gasteiger partial charge on any atom is -0.334 e. The number of non-ortho nitro benzene ring substituents is 1. The summed E-state index contributed by atoms with van der Waals surface area (Å²) in [5, 5.41) is 24.7. The number of nitro groups is 1. The number of benzene rings is 2. The van der Waals surface area contributed by atoms with Gasteiger partial charge in [0.25, 0.3) is 11.6 Å². The predicted molar refractivity (Wildman–Crippen MR) is 110 cm³/mol. The number of carbonyl (C=O) groups is 1. The number of carbonyl (C=O) groups excluding carboxylic acids is 1. The second-order valence-corrected chi connectivity index (χ2v) is 6.80. The van der Waals surface area contributed by atoms with Crippen molar-refractivity contribution in [3.63, 3.8) is 0 Å². The van der Waals surface area contributed by atoms with Gasteiger partial charge in [-0.2, -0.15) is 5.10 Å². The molecule has 0 aliphatic heterocycles. The number of anilines is 2. The lowest BCUT2D eigenvalue weighted by molar-refractivity contribution is -0.384. The minimum absolute atomic E-state index is 0.0420. The average molecular weight is 448 g/mol. The van der Waals surface area contributed by atoms with Crippen molar-refractivity contribution in [1.29, 1.82) is 0 Å². The highest BCUT2D eigenvalue weighted by Crippen LogP contribution is 2.19. The highest BCUT2D eigenvalue weighted by Gasteiger charge is 2.13. The summed E-state index contributed by atoms with van der Waals surface area (Å²) >= 11 is 0.938. The van der Waals surface area contributed by atoms with E-state index < -0.39 is 22.5 Å². The Morgan fingerprint density at radius 3 is 2.68 bits per heavy atom. The van der Waals surface area contributed by atoms with E-state index in [4.69, 9.17) is 5.84 Å². The number of nitrogens with one attached hydrogen (secondary N) is 2. The molecule has 0 aliphatic rings. The van der Waals surface area contributed by atoms with Crippen LogP contribution in [-0.4, -0.2) is 37.7 Å². The number of nitrogens with two attached hydrogens (primary N) is 1. The van der Waals surface area contributed by atoms with Crippen LogP contribution in [0.1, 0.15) is 5.56 Å². The van der Waals surface area contributed by atoms with Crippen LogP contribution in [0.15, 0.2) is 52.7 Å². The van der Waals surface area contributed by atoms with Gasteiger partial charge in [0.15, 0.2) is 0 Å². The Kier molecular flexibility index (Phi) is 6.71. The van der Waals surface area contributed by atoms with Crippen LogP contribution in [0.3, 0.4) is 0 Å². The lowest BCUT2D eigenvalue weighted by atomic mass is 10.2. The minimum atomic E-state index is -0.891. The number of aromatic nitrogens is 3. The van der Waals surface area contributed by atoms with Gasteiger partial charge < -0.3 is 11.2 Å². The molecule has 0 aliphatic carbocycles. The third-order valence-electron chi connectivity index (χ3n) is 3.68. The van der Waals surface area contributed by atoms with Crippen LogP contribution in [0.4, 0.5) is 26.1 Å².